The second-order valence-corrected chi connectivity index (χ2v) is 4.06. The van der Waals surface area contributed by atoms with Crippen LogP contribution < -0.4 is 5.32 Å². The van der Waals surface area contributed by atoms with E-state index in [4.69, 9.17) is 11.5 Å². The molecule has 0 aliphatic heterocycles. The highest BCUT2D eigenvalue weighted by molar-refractivity contribution is 5.97. The van der Waals surface area contributed by atoms with Gasteiger partial charge in [-0.05, 0) is 18.6 Å². The highest BCUT2D eigenvalue weighted by Gasteiger charge is 2.17. The van der Waals surface area contributed by atoms with E-state index in [-0.39, 0.29) is 17.8 Å². The van der Waals surface area contributed by atoms with E-state index in [2.05, 4.69) is 11.2 Å². The minimum atomic E-state index is -1.27. The number of aromatic carboxylic acids is 1. The van der Waals surface area contributed by atoms with Crippen molar-refractivity contribution in [3.8, 4) is 18.1 Å². The molecule has 0 saturated heterocycles. The minimum Gasteiger partial charge on any atom is -0.505 e. The zero-order valence-electron chi connectivity index (χ0n) is 11.1. The Labute approximate surface area is 117 Å². The van der Waals surface area contributed by atoms with E-state index in [1.165, 1.54) is 23.1 Å². The van der Waals surface area contributed by atoms with Crippen LogP contribution in [0.25, 0.3) is 0 Å². The summed E-state index contributed by atoms with van der Waals surface area (Å²) in [6.07, 6.45) is 5.92. The molecule has 0 radical (unpaired) electrons. The van der Waals surface area contributed by atoms with E-state index < -0.39 is 17.7 Å². The zero-order valence-corrected chi connectivity index (χ0v) is 11.1. The summed E-state index contributed by atoms with van der Waals surface area (Å²) in [6.45, 7) is 2.51. The molecule has 106 valence electrons. The number of phenols is 1. The molecule has 0 aliphatic rings. The van der Waals surface area contributed by atoms with Gasteiger partial charge < -0.3 is 20.4 Å². The molecule has 0 saturated carbocycles. The fourth-order valence-corrected chi connectivity index (χ4v) is 1.64. The molecule has 3 N–H and O–H groups in total. The molecule has 0 heterocycles. The van der Waals surface area contributed by atoms with Gasteiger partial charge in [-0.1, -0.05) is 18.9 Å². The van der Waals surface area contributed by atoms with Crippen LogP contribution in [-0.4, -0.2) is 40.2 Å². The smallest absolute Gasteiger partial charge is 0.339 e. The number of aromatic hydroxyl groups is 1. The van der Waals surface area contributed by atoms with Gasteiger partial charge in [0, 0.05) is 6.54 Å². The highest BCUT2D eigenvalue weighted by Crippen LogP contribution is 2.27. The number of nitrogens with zero attached hydrogens (tertiary/aromatic N) is 1. The molecule has 0 unspecified atom stereocenters. The average molecular weight is 276 g/mol. The molecule has 6 heteroatoms. The Hall–Kier alpha value is -2.68. The number of urea groups is 1. The molecule has 0 spiro atoms. The molecule has 0 fully saturated rings. The second-order valence-electron chi connectivity index (χ2n) is 4.06. The van der Waals surface area contributed by atoms with Crippen LogP contribution in [0.2, 0.25) is 0 Å². The third-order valence-corrected chi connectivity index (χ3v) is 2.57. The van der Waals surface area contributed by atoms with Crippen molar-refractivity contribution in [2.24, 2.45) is 0 Å². The van der Waals surface area contributed by atoms with Gasteiger partial charge in [-0.15, -0.1) is 6.42 Å². The number of carbonyl (C=O) groups is 2. The molecule has 0 aromatic heterocycles. The Morgan fingerprint density at radius 2 is 2.15 bits per heavy atom. The molecule has 1 rings (SSSR count). The van der Waals surface area contributed by atoms with E-state index >= 15 is 0 Å². The van der Waals surface area contributed by atoms with Gasteiger partial charge in [0.25, 0.3) is 0 Å². The molecule has 20 heavy (non-hydrogen) atoms. The van der Waals surface area contributed by atoms with Crippen LogP contribution in [0.15, 0.2) is 18.2 Å². The molecule has 1 aromatic rings. The molecule has 6 nitrogen and oxygen atoms in total. The summed E-state index contributed by atoms with van der Waals surface area (Å²) in [5.41, 5.74) is -0.241. The first-order valence-electron chi connectivity index (χ1n) is 6.05. The van der Waals surface area contributed by atoms with Crippen molar-refractivity contribution in [1.29, 1.82) is 0 Å². The maximum atomic E-state index is 12.0. The van der Waals surface area contributed by atoms with Crippen LogP contribution in [0.1, 0.15) is 23.7 Å². The van der Waals surface area contributed by atoms with E-state index in [9.17, 15) is 14.7 Å². The van der Waals surface area contributed by atoms with Crippen LogP contribution in [0.3, 0.4) is 0 Å². The first-order chi connectivity index (χ1) is 9.51. The number of hydrogen-bond acceptors (Lipinski definition) is 3. The first kappa shape index (κ1) is 15.4. The Bertz CT molecular complexity index is 549. The van der Waals surface area contributed by atoms with Crippen molar-refractivity contribution < 1.29 is 19.8 Å². The normalized spacial score (nSPS) is 9.60. The van der Waals surface area contributed by atoms with Gasteiger partial charge in [0.15, 0.2) is 5.75 Å². The van der Waals surface area contributed by atoms with Crippen molar-refractivity contribution in [1.82, 2.24) is 4.90 Å². The second kappa shape index (κ2) is 7.04. The minimum absolute atomic E-state index is 0.0352. The molecular formula is C14H16N2O4. The van der Waals surface area contributed by atoms with Gasteiger partial charge in [0.05, 0.1) is 12.2 Å². The number of carboxylic acids is 1. The SMILES string of the molecule is C#CCN(CCC)C(=O)Nc1cccc(C(=O)O)c1O. The summed E-state index contributed by atoms with van der Waals surface area (Å²) in [5.74, 6) is 0.620. The predicted octanol–water partition coefficient (Wildman–Crippen LogP) is 1.97. The van der Waals surface area contributed by atoms with E-state index in [0.717, 1.165) is 6.42 Å². The molecule has 1 aromatic carbocycles. The maximum absolute atomic E-state index is 12.0. The fraction of sp³-hybridized carbons (Fsp3) is 0.286. The van der Waals surface area contributed by atoms with E-state index in [1.807, 2.05) is 6.92 Å². The quantitative estimate of drug-likeness (QED) is 0.566. The van der Waals surface area contributed by atoms with Crippen molar-refractivity contribution in [2.45, 2.75) is 13.3 Å². The maximum Gasteiger partial charge on any atom is 0.339 e. The standard InChI is InChI=1S/C14H16N2O4/c1-3-8-16(9-4-2)14(20)15-11-7-5-6-10(12(11)17)13(18)19/h1,5-7,17H,4,8-9H2,2H3,(H,15,20)(H,18,19). The summed E-state index contributed by atoms with van der Waals surface area (Å²) in [4.78, 5) is 24.3. The monoisotopic (exact) mass is 276 g/mol. The lowest BCUT2D eigenvalue weighted by Gasteiger charge is -2.20. The number of nitrogens with one attached hydrogen (secondary N) is 1. The van der Waals surface area contributed by atoms with E-state index in [1.54, 1.807) is 0 Å². The van der Waals surface area contributed by atoms with Gasteiger partial charge in [0.2, 0.25) is 0 Å². The largest absolute Gasteiger partial charge is 0.505 e. The summed E-state index contributed by atoms with van der Waals surface area (Å²) >= 11 is 0. The van der Waals surface area contributed by atoms with Crippen molar-refractivity contribution in [3.63, 3.8) is 0 Å². The Morgan fingerprint density at radius 3 is 2.70 bits per heavy atom. The number of amides is 2. The van der Waals surface area contributed by atoms with Gasteiger partial charge >= 0.3 is 12.0 Å². The number of terminal acetylenes is 1. The van der Waals surface area contributed by atoms with Crippen LogP contribution in [0, 0.1) is 12.3 Å². The summed E-state index contributed by atoms with van der Waals surface area (Å²) in [6, 6.07) is 3.62. The summed E-state index contributed by atoms with van der Waals surface area (Å²) in [7, 11) is 0. The van der Waals surface area contributed by atoms with Gasteiger partial charge in [-0.25, -0.2) is 9.59 Å². The van der Waals surface area contributed by atoms with Crippen LogP contribution >= 0.6 is 0 Å². The number of anilines is 1. The van der Waals surface area contributed by atoms with Crippen molar-refractivity contribution >= 4 is 17.7 Å². The lowest BCUT2D eigenvalue weighted by molar-refractivity contribution is 0.0693. The number of carboxylic acid groups (broad SMARTS) is 1. The molecule has 2 amide bonds. The summed E-state index contributed by atoms with van der Waals surface area (Å²) in [5, 5.41) is 21.1. The van der Waals surface area contributed by atoms with Crippen LogP contribution in [0.4, 0.5) is 10.5 Å². The predicted molar refractivity (Wildman–Crippen MR) is 74.8 cm³/mol. The van der Waals surface area contributed by atoms with Crippen molar-refractivity contribution in [3.05, 3.63) is 23.8 Å². The molecule has 0 atom stereocenters. The van der Waals surface area contributed by atoms with Crippen LogP contribution in [-0.2, 0) is 0 Å². The Balaban J connectivity index is 2.93. The average Bonchev–Trinajstić information content (AvgIpc) is 2.40. The van der Waals surface area contributed by atoms with Gasteiger partial charge in [0.1, 0.15) is 5.56 Å². The Morgan fingerprint density at radius 1 is 1.45 bits per heavy atom. The molecular weight excluding hydrogens is 260 g/mol. The number of carbonyl (C=O) groups excluding carboxylic acids is 1. The van der Waals surface area contributed by atoms with Crippen molar-refractivity contribution in [2.75, 3.05) is 18.4 Å². The topological polar surface area (TPSA) is 89.9 Å². The first-order valence-corrected chi connectivity index (χ1v) is 6.05. The third kappa shape index (κ3) is 3.65. The number of hydrogen-bond donors (Lipinski definition) is 3. The number of rotatable bonds is 5. The third-order valence-electron chi connectivity index (χ3n) is 2.57. The number of benzene rings is 1. The molecule has 0 aliphatic carbocycles. The lowest BCUT2D eigenvalue weighted by atomic mass is 10.1. The van der Waals surface area contributed by atoms with Gasteiger partial charge in [-0.3, -0.25) is 0 Å². The fourth-order valence-electron chi connectivity index (χ4n) is 1.64. The van der Waals surface area contributed by atoms with Gasteiger partial charge in [-0.2, -0.15) is 0 Å². The molecule has 0 bridgehead atoms. The lowest BCUT2D eigenvalue weighted by Crippen LogP contribution is -2.35. The van der Waals surface area contributed by atoms with Crippen LogP contribution in [0.5, 0.6) is 5.75 Å². The van der Waals surface area contributed by atoms with E-state index in [0.29, 0.717) is 6.54 Å². The number of para-hydroxylation sites is 1. The zero-order chi connectivity index (χ0) is 15.1. The summed E-state index contributed by atoms with van der Waals surface area (Å²) < 4.78 is 0. The Kier molecular flexibility index (Phi) is 5.42. The highest BCUT2D eigenvalue weighted by atomic mass is 16.4.